The van der Waals surface area contributed by atoms with E-state index in [2.05, 4.69) is 24.6 Å². The van der Waals surface area contributed by atoms with Gasteiger partial charge in [0.2, 0.25) is 5.95 Å². The minimum Gasteiger partial charge on any atom is -0.465 e. The van der Waals surface area contributed by atoms with Crippen LogP contribution in [0.4, 0.5) is 11.8 Å². The molecule has 2 heterocycles. The molecule has 0 amide bonds. The lowest BCUT2D eigenvalue weighted by Crippen LogP contribution is -2.27. The number of nitrogens with one attached hydrogen (secondary N) is 1. The molecular weight excluding hydrogens is 366 g/mol. The zero-order valence-electron chi connectivity index (χ0n) is 14.7. The van der Waals surface area contributed by atoms with Crippen LogP contribution in [0, 0.1) is 4.91 Å². The van der Waals surface area contributed by atoms with Gasteiger partial charge in [-0.2, -0.15) is 4.98 Å². The van der Waals surface area contributed by atoms with Crippen molar-refractivity contribution in [2.45, 2.75) is 49.7 Å². The average molecular weight is 389 g/mol. The number of hydrogen-bond acceptors (Lipinski definition) is 12. The average Bonchev–Trinajstić information content (AvgIpc) is 2.95. The molecule has 0 aliphatic carbocycles. The van der Waals surface area contributed by atoms with Crippen LogP contribution in [0.15, 0.2) is 15.7 Å². The summed E-state index contributed by atoms with van der Waals surface area (Å²) < 4.78 is 17.5. The fourth-order valence-electron chi connectivity index (χ4n) is 1.85. The molecule has 11 nitrogen and oxygen atoms in total. The van der Waals surface area contributed by atoms with Crippen LogP contribution in [-0.4, -0.2) is 59.8 Å². The highest BCUT2D eigenvalue weighted by atomic mass is 32.2. The summed E-state index contributed by atoms with van der Waals surface area (Å²) in [6.07, 6.45) is 0.00880. The van der Waals surface area contributed by atoms with Gasteiger partial charge in [-0.3, -0.25) is 4.79 Å². The first kappa shape index (κ1) is 22.0. The molecule has 1 aliphatic heterocycles. The summed E-state index contributed by atoms with van der Waals surface area (Å²) in [5.74, 6) is 0.299. The summed E-state index contributed by atoms with van der Waals surface area (Å²) >= 11 is 0.647. The summed E-state index contributed by atoms with van der Waals surface area (Å²) in [6, 6.07) is 0. The van der Waals surface area contributed by atoms with Gasteiger partial charge >= 0.3 is 0 Å². The van der Waals surface area contributed by atoms with Crippen molar-refractivity contribution in [2.24, 2.45) is 4.58 Å². The van der Waals surface area contributed by atoms with Crippen LogP contribution in [0.3, 0.4) is 0 Å². The minimum absolute atomic E-state index is 0.0205. The number of carbonyl (C=O) groups is 1. The predicted molar refractivity (Wildman–Crippen MR) is 95.2 cm³/mol. The SMILES string of the molecule is COC(C)C.Nc1ncc(SN=O)c(NC2CC(O)C(COC=O)O2)n1. The molecule has 1 aromatic rings. The van der Waals surface area contributed by atoms with Gasteiger partial charge < -0.3 is 30.4 Å². The van der Waals surface area contributed by atoms with Crippen molar-refractivity contribution >= 4 is 30.2 Å². The fraction of sp³-hybridized carbons (Fsp3) is 0.643. The second-order valence-electron chi connectivity index (χ2n) is 5.43. The van der Waals surface area contributed by atoms with Crippen LogP contribution < -0.4 is 11.1 Å². The van der Waals surface area contributed by atoms with E-state index >= 15 is 0 Å². The smallest absolute Gasteiger partial charge is 0.293 e. The Kier molecular flexibility index (Phi) is 9.80. The Morgan fingerprint density at radius 1 is 1.62 bits per heavy atom. The van der Waals surface area contributed by atoms with E-state index in [4.69, 9.17) is 15.2 Å². The summed E-state index contributed by atoms with van der Waals surface area (Å²) in [5.41, 5.74) is 5.49. The molecule has 12 heteroatoms. The molecule has 0 saturated carbocycles. The number of nitrogens with two attached hydrogens (primary N) is 1. The molecule has 2 rings (SSSR count). The molecule has 0 radical (unpaired) electrons. The Morgan fingerprint density at radius 2 is 2.31 bits per heavy atom. The standard InChI is InChI=1S/C10H13N5O5S.C4H10O/c11-10-12-2-7(21-15-18)9(14-10)13-8-1-5(17)6(20-8)3-19-4-16;1-4(2)5-3/h2,4-6,8,17H,1,3H2,(H3,11,12,13,14);4H,1-3H3. The lowest BCUT2D eigenvalue weighted by atomic mass is 10.2. The van der Waals surface area contributed by atoms with Crippen molar-refractivity contribution in [3.8, 4) is 0 Å². The van der Waals surface area contributed by atoms with Gasteiger partial charge in [-0.25, -0.2) is 4.98 Å². The van der Waals surface area contributed by atoms with Crippen molar-refractivity contribution in [1.29, 1.82) is 0 Å². The van der Waals surface area contributed by atoms with Crippen molar-refractivity contribution in [2.75, 3.05) is 24.8 Å². The number of ether oxygens (including phenoxy) is 3. The molecule has 4 N–H and O–H groups in total. The van der Waals surface area contributed by atoms with E-state index < -0.39 is 18.4 Å². The maximum atomic E-state index is 10.3. The second-order valence-corrected chi connectivity index (χ2v) is 6.20. The highest BCUT2D eigenvalue weighted by Gasteiger charge is 2.35. The van der Waals surface area contributed by atoms with E-state index in [1.165, 1.54) is 6.20 Å². The molecule has 1 aromatic heterocycles. The first-order valence-corrected chi connectivity index (χ1v) is 8.48. The van der Waals surface area contributed by atoms with Crippen LogP contribution in [0.2, 0.25) is 0 Å². The molecule has 0 aromatic carbocycles. The van der Waals surface area contributed by atoms with Gasteiger partial charge in [-0.05, 0) is 13.8 Å². The van der Waals surface area contributed by atoms with E-state index in [0.29, 0.717) is 22.9 Å². The Balaban J connectivity index is 0.000000597. The third-order valence-corrected chi connectivity index (χ3v) is 3.80. The molecule has 146 valence electrons. The van der Waals surface area contributed by atoms with Gasteiger partial charge in [0.05, 0.1) is 35.2 Å². The van der Waals surface area contributed by atoms with Gasteiger partial charge in [-0.15, -0.1) is 4.91 Å². The van der Waals surface area contributed by atoms with Crippen molar-refractivity contribution in [1.82, 2.24) is 9.97 Å². The number of aliphatic hydroxyl groups is 1. The third kappa shape index (κ3) is 7.47. The number of carbonyl (C=O) groups excluding carboxylic acids is 1. The number of rotatable bonds is 8. The predicted octanol–water partition coefficient (Wildman–Crippen LogP) is 0.934. The van der Waals surface area contributed by atoms with Gasteiger partial charge in [0.15, 0.2) is 0 Å². The number of anilines is 2. The minimum atomic E-state index is -0.790. The molecular formula is C14H23N5O6S. The maximum Gasteiger partial charge on any atom is 0.293 e. The molecule has 0 bridgehead atoms. The summed E-state index contributed by atoms with van der Waals surface area (Å²) in [5, 5.41) is 12.7. The van der Waals surface area contributed by atoms with E-state index in [1.807, 2.05) is 13.8 Å². The lowest BCUT2D eigenvalue weighted by Gasteiger charge is -2.16. The molecule has 1 fully saturated rings. The number of aliphatic hydroxyl groups excluding tert-OH is 1. The van der Waals surface area contributed by atoms with Crippen LogP contribution in [-0.2, 0) is 19.0 Å². The van der Waals surface area contributed by atoms with Crippen LogP contribution >= 0.6 is 11.9 Å². The van der Waals surface area contributed by atoms with Gasteiger partial charge in [0, 0.05) is 18.1 Å². The summed E-state index contributed by atoms with van der Waals surface area (Å²) in [7, 11) is 1.70. The van der Waals surface area contributed by atoms with Crippen LogP contribution in [0.1, 0.15) is 20.3 Å². The molecule has 3 atom stereocenters. The number of methoxy groups -OCH3 is 1. The Bertz CT molecular complexity index is 579. The topological polar surface area (TPSA) is 158 Å². The van der Waals surface area contributed by atoms with E-state index in [-0.39, 0.29) is 31.3 Å². The molecule has 0 spiro atoms. The maximum absolute atomic E-state index is 10.3. The monoisotopic (exact) mass is 389 g/mol. The van der Waals surface area contributed by atoms with Crippen molar-refractivity contribution in [3.63, 3.8) is 0 Å². The van der Waals surface area contributed by atoms with Crippen LogP contribution in [0.5, 0.6) is 0 Å². The van der Waals surface area contributed by atoms with E-state index in [1.54, 1.807) is 7.11 Å². The molecule has 1 aliphatic rings. The normalized spacial score (nSPS) is 21.7. The first-order chi connectivity index (χ1) is 12.4. The largest absolute Gasteiger partial charge is 0.465 e. The van der Waals surface area contributed by atoms with Gasteiger partial charge in [0.1, 0.15) is 24.8 Å². The fourth-order valence-corrected chi connectivity index (χ4v) is 2.22. The number of nitrogen functional groups attached to an aromatic ring is 1. The van der Waals surface area contributed by atoms with Crippen molar-refractivity contribution < 1.29 is 24.1 Å². The zero-order valence-corrected chi connectivity index (χ0v) is 15.5. The van der Waals surface area contributed by atoms with E-state index in [0.717, 1.165) is 0 Å². The third-order valence-electron chi connectivity index (χ3n) is 3.23. The molecule has 1 saturated heterocycles. The van der Waals surface area contributed by atoms with E-state index in [9.17, 15) is 14.8 Å². The number of aromatic nitrogens is 2. The Morgan fingerprint density at radius 3 is 2.88 bits per heavy atom. The Hall–Kier alpha value is -2.02. The zero-order chi connectivity index (χ0) is 19.5. The lowest BCUT2D eigenvalue weighted by molar-refractivity contribution is -0.133. The molecule has 26 heavy (non-hydrogen) atoms. The highest BCUT2D eigenvalue weighted by Crippen LogP contribution is 2.29. The van der Waals surface area contributed by atoms with Gasteiger partial charge in [0.25, 0.3) is 6.47 Å². The highest BCUT2D eigenvalue weighted by molar-refractivity contribution is 7.98. The van der Waals surface area contributed by atoms with Crippen LogP contribution in [0.25, 0.3) is 0 Å². The van der Waals surface area contributed by atoms with Gasteiger partial charge in [-0.1, -0.05) is 0 Å². The number of hydrogen-bond donors (Lipinski definition) is 3. The molecule has 3 unspecified atom stereocenters. The summed E-state index contributed by atoms with van der Waals surface area (Å²) in [6.45, 7) is 4.23. The van der Waals surface area contributed by atoms with Crippen molar-refractivity contribution in [3.05, 3.63) is 11.1 Å². The quantitative estimate of drug-likeness (QED) is 0.330. The second kappa shape index (κ2) is 11.6. The number of nitroso groups, excluding NO2 is 1. The first-order valence-electron chi connectivity index (χ1n) is 7.71. The summed E-state index contributed by atoms with van der Waals surface area (Å²) in [4.78, 5) is 28.6. The Labute approximate surface area is 155 Å². The number of nitrogens with zero attached hydrogens (tertiary/aromatic N) is 3.